The van der Waals surface area contributed by atoms with Crippen molar-refractivity contribution in [3.05, 3.63) is 23.7 Å². The molecule has 1 saturated heterocycles. The summed E-state index contributed by atoms with van der Waals surface area (Å²) in [6.45, 7) is 0.771. The highest BCUT2D eigenvalue weighted by atomic mass is 32.1. The number of aromatic nitrogens is 2. The maximum Gasteiger partial charge on any atom is 0.228 e. The predicted molar refractivity (Wildman–Crippen MR) is 78.7 cm³/mol. The number of rotatable bonds is 4. The van der Waals surface area contributed by atoms with Crippen LogP contribution >= 0.6 is 11.3 Å². The summed E-state index contributed by atoms with van der Waals surface area (Å²) in [5, 5.41) is 5.45. The van der Waals surface area contributed by atoms with E-state index in [0.717, 1.165) is 30.8 Å². The topological polar surface area (TPSA) is 56.2 Å². The lowest BCUT2D eigenvalue weighted by Gasteiger charge is -2.07. The molecule has 0 radical (unpaired) electrons. The number of anilines is 1. The second kappa shape index (κ2) is 5.76. The van der Waals surface area contributed by atoms with E-state index < -0.39 is 0 Å². The van der Waals surface area contributed by atoms with Crippen LogP contribution in [-0.2, 0) is 16.6 Å². The van der Waals surface area contributed by atoms with Gasteiger partial charge in [-0.05, 0) is 25.0 Å². The van der Waals surface area contributed by atoms with Crippen LogP contribution in [0.4, 0.5) is 5.13 Å². The number of aryl methyl sites for hydroxylation is 1. The van der Waals surface area contributed by atoms with Crippen LogP contribution in [0.2, 0.25) is 0 Å². The predicted octanol–water partition coefficient (Wildman–Crippen LogP) is 2.66. The summed E-state index contributed by atoms with van der Waals surface area (Å²) in [7, 11) is 1.98. The number of carbonyl (C=O) groups is 1. The Morgan fingerprint density at radius 3 is 3.25 bits per heavy atom. The minimum atomic E-state index is -0.0234. The van der Waals surface area contributed by atoms with Crippen molar-refractivity contribution in [2.75, 3.05) is 11.9 Å². The number of thiazole rings is 1. The lowest BCUT2D eigenvalue weighted by molar-refractivity contribution is -0.118. The third-order valence-corrected chi connectivity index (χ3v) is 4.15. The van der Waals surface area contributed by atoms with Crippen molar-refractivity contribution in [2.24, 2.45) is 7.05 Å². The zero-order valence-electron chi connectivity index (χ0n) is 11.3. The quantitative estimate of drug-likeness (QED) is 0.942. The summed E-state index contributed by atoms with van der Waals surface area (Å²) in [6.07, 6.45) is 4.48. The van der Waals surface area contributed by atoms with Gasteiger partial charge >= 0.3 is 0 Å². The van der Waals surface area contributed by atoms with Crippen LogP contribution in [0.15, 0.2) is 23.7 Å². The van der Waals surface area contributed by atoms with Gasteiger partial charge in [0.2, 0.25) is 5.91 Å². The highest BCUT2D eigenvalue weighted by molar-refractivity contribution is 7.14. The van der Waals surface area contributed by atoms with Gasteiger partial charge in [-0.15, -0.1) is 11.3 Å². The van der Waals surface area contributed by atoms with Gasteiger partial charge in [0.05, 0.1) is 23.9 Å². The second-order valence-electron chi connectivity index (χ2n) is 4.93. The third kappa shape index (κ3) is 2.91. The molecule has 1 fully saturated rings. The van der Waals surface area contributed by atoms with Gasteiger partial charge in [-0.1, -0.05) is 0 Å². The van der Waals surface area contributed by atoms with Gasteiger partial charge in [-0.3, -0.25) is 4.79 Å². The second-order valence-corrected chi connectivity index (χ2v) is 5.79. The maximum atomic E-state index is 11.9. The van der Waals surface area contributed by atoms with E-state index in [-0.39, 0.29) is 12.0 Å². The monoisotopic (exact) mass is 291 g/mol. The molecule has 0 spiro atoms. The average Bonchev–Trinajstić information content (AvgIpc) is 3.11. The van der Waals surface area contributed by atoms with E-state index >= 15 is 0 Å². The van der Waals surface area contributed by atoms with Crippen LogP contribution in [0.1, 0.15) is 19.3 Å². The minimum absolute atomic E-state index is 0.0234. The van der Waals surface area contributed by atoms with Crippen molar-refractivity contribution in [1.29, 1.82) is 0 Å². The summed E-state index contributed by atoms with van der Waals surface area (Å²) < 4.78 is 7.47. The lowest BCUT2D eigenvalue weighted by Crippen LogP contribution is -2.19. The molecular weight excluding hydrogens is 274 g/mol. The number of nitrogens with zero attached hydrogens (tertiary/aromatic N) is 2. The standard InChI is InChI=1S/C14H17N3O2S/c1-17-6-2-5-12(17)11-9-20-14(15-11)16-13(18)8-10-4-3-7-19-10/h2,5-6,9-10H,3-4,7-8H2,1H3,(H,15,16,18). The molecule has 1 N–H and O–H groups in total. The van der Waals surface area contributed by atoms with Crippen molar-refractivity contribution in [1.82, 2.24) is 9.55 Å². The van der Waals surface area contributed by atoms with Crippen LogP contribution in [-0.4, -0.2) is 28.2 Å². The molecule has 0 saturated carbocycles. The fourth-order valence-electron chi connectivity index (χ4n) is 2.36. The van der Waals surface area contributed by atoms with Crippen LogP contribution in [0.3, 0.4) is 0 Å². The van der Waals surface area contributed by atoms with Crippen LogP contribution in [0.25, 0.3) is 11.4 Å². The molecular formula is C14H17N3O2S. The Hall–Kier alpha value is -1.66. The van der Waals surface area contributed by atoms with Crippen LogP contribution in [0.5, 0.6) is 0 Å². The van der Waals surface area contributed by atoms with Crippen LogP contribution < -0.4 is 5.32 Å². The van der Waals surface area contributed by atoms with Crippen molar-refractivity contribution < 1.29 is 9.53 Å². The summed E-state index contributed by atoms with van der Waals surface area (Å²) in [5.74, 6) is -0.0234. The molecule has 3 heterocycles. The molecule has 0 aliphatic carbocycles. The highest BCUT2D eigenvalue weighted by Crippen LogP contribution is 2.25. The van der Waals surface area contributed by atoms with E-state index in [1.165, 1.54) is 11.3 Å². The van der Waals surface area contributed by atoms with Gasteiger partial charge in [0.25, 0.3) is 0 Å². The van der Waals surface area contributed by atoms with E-state index in [0.29, 0.717) is 11.6 Å². The third-order valence-electron chi connectivity index (χ3n) is 3.39. The molecule has 20 heavy (non-hydrogen) atoms. The number of ether oxygens (including phenoxy) is 1. The molecule has 1 aliphatic rings. The Labute approximate surface area is 121 Å². The Balaban J connectivity index is 1.62. The first-order valence-corrected chi connectivity index (χ1v) is 7.59. The first-order valence-electron chi connectivity index (χ1n) is 6.71. The number of amides is 1. The molecule has 5 nitrogen and oxygen atoms in total. The number of carbonyl (C=O) groups excluding carboxylic acids is 1. The minimum Gasteiger partial charge on any atom is -0.378 e. The maximum absolute atomic E-state index is 11.9. The van der Waals surface area contributed by atoms with Gasteiger partial charge in [0.15, 0.2) is 5.13 Å². The molecule has 1 atom stereocenters. The SMILES string of the molecule is Cn1cccc1-c1csc(NC(=O)CC2CCCO2)n1. The molecule has 0 aromatic carbocycles. The van der Waals surface area contributed by atoms with Gasteiger partial charge in [-0.25, -0.2) is 4.98 Å². The summed E-state index contributed by atoms with van der Waals surface area (Å²) >= 11 is 1.45. The number of nitrogens with one attached hydrogen (secondary N) is 1. The smallest absolute Gasteiger partial charge is 0.228 e. The molecule has 1 amide bonds. The van der Waals surface area contributed by atoms with Crippen molar-refractivity contribution >= 4 is 22.4 Å². The van der Waals surface area contributed by atoms with E-state index in [9.17, 15) is 4.79 Å². The van der Waals surface area contributed by atoms with Gasteiger partial charge in [0, 0.05) is 25.2 Å². The van der Waals surface area contributed by atoms with Crippen molar-refractivity contribution in [3.63, 3.8) is 0 Å². The highest BCUT2D eigenvalue weighted by Gasteiger charge is 2.19. The van der Waals surface area contributed by atoms with E-state index in [4.69, 9.17) is 4.74 Å². The fourth-order valence-corrected chi connectivity index (χ4v) is 3.08. The van der Waals surface area contributed by atoms with Crippen LogP contribution in [0, 0.1) is 0 Å². The Kier molecular flexibility index (Phi) is 3.84. The number of hydrogen-bond acceptors (Lipinski definition) is 4. The molecule has 3 rings (SSSR count). The zero-order valence-corrected chi connectivity index (χ0v) is 12.2. The van der Waals surface area contributed by atoms with Gasteiger partial charge in [0.1, 0.15) is 0 Å². The molecule has 2 aromatic rings. The molecule has 1 unspecified atom stereocenters. The lowest BCUT2D eigenvalue weighted by atomic mass is 10.2. The van der Waals surface area contributed by atoms with Gasteiger partial charge in [-0.2, -0.15) is 0 Å². The van der Waals surface area contributed by atoms with E-state index in [1.54, 1.807) is 0 Å². The Morgan fingerprint density at radius 2 is 2.55 bits per heavy atom. The first-order chi connectivity index (χ1) is 9.72. The van der Waals surface area contributed by atoms with E-state index in [1.807, 2.05) is 35.3 Å². The van der Waals surface area contributed by atoms with Crippen molar-refractivity contribution in [3.8, 4) is 11.4 Å². The fraction of sp³-hybridized carbons (Fsp3) is 0.429. The molecule has 106 valence electrons. The Bertz CT molecular complexity index is 599. The largest absolute Gasteiger partial charge is 0.378 e. The van der Waals surface area contributed by atoms with Crippen molar-refractivity contribution in [2.45, 2.75) is 25.4 Å². The Morgan fingerprint density at radius 1 is 1.65 bits per heavy atom. The normalized spacial score (nSPS) is 18.4. The molecule has 2 aromatic heterocycles. The summed E-state index contributed by atoms with van der Waals surface area (Å²) in [5.41, 5.74) is 1.93. The first kappa shape index (κ1) is 13.3. The molecule has 6 heteroatoms. The summed E-state index contributed by atoms with van der Waals surface area (Å²) in [4.78, 5) is 16.4. The van der Waals surface area contributed by atoms with Gasteiger partial charge < -0.3 is 14.6 Å². The summed E-state index contributed by atoms with van der Waals surface area (Å²) in [6, 6.07) is 3.98. The molecule has 0 bridgehead atoms. The number of hydrogen-bond donors (Lipinski definition) is 1. The average molecular weight is 291 g/mol. The zero-order chi connectivity index (χ0) is 13.9. The van der Waals surface area contributed by atoms with E-state index in [2.05, 4.69) is 10.3 Å². The molecule has 1 aliphatic heterocycles.